The summed E-state index contributed by atoms with van der Waals surface area (Å²) in [6.45, 7) is 8.44. The van der Waals surface area contributed by atoms with E-state index in [9.17, 15) is 9.59 Å². The first kappa shape index (κ1) is 19.9. The van der Waals surface area contributed by atoms with Crippen molar-refractivity contribution in [3.05, 3.63) is 56.8 Å². The topological polar surface area (TPSA) is 55.4 Å². The first-order chi connectivity index (χ1) is 12.7. The van der Waals surface area contributed by atoms with E-state index in [1.165, 1.54) is 0 Å². The molecular formula is C22H26BrNO3. The monoisotopic (exact) mass is 431 g/mol. The maximum Gasteiger partial charge on any atom is 0.336 e. The van der Waals surface area contributed by atoms with Gasteiger partial charge in [-0.15, -0.1) is 0 Å². The van der Waals surface area contributed by atoms with Gasteiger partial charge in [0.05, 0.1) is 12.2 Å². The van der Waals surface area contributed by atoms with Crippen LogP contribution < -0.4 is 5.32 Å². The van der Waals surface area contributed by atoms with E-state index < -0.39 is 5.92 Å². The number of ether oxygens (including phenoxy) is 1. The fraction of sp³-hybridized carbons (Fsp3) is 0.455. The Kier molecular flexibility index (Phi) is 5.61. The average molecular weight is 432 g/mol. The molecule has 0 saturated heterocycles. The summed E-state index contributed by atoms with van der Waals surface area (Å²) in [5.41, 5.74) is 3.78. The van der Waals surface area contributed by atoms with Crippen LogP contribution in [0.4, 0.5) is 0 Å². The number of carbonyl (C=O) groups excluding carboxylic acids is 2. The summed E-state index contributed by atoms with van der Waals surface area (Å²) in [4.78, 5) is 26.0. The number of nitrogens with one attached hydrogen (secondary N) is 1. The lowest BCUT2D eigenvalue weighted by atomic mass is 9.68. The van der Waals surface area contributed by atoms with E-state index in [2.05, 4.69) is 35.1 Å². The summed E-state index contributed by atoms with van der Waals surface area (Å²) in [6, 6.07) is 7.83. The molecule has 4 nitrogen and oxygen atoms in total. The van der Waals surface area contributed by atoms with Gasteiger partial charge >= 0.3 is 5.97 Å². The number of hydrogen-bond donors (Lipinski definition) is 1. The molecule has 1 aromatic carbocycles. The minimum Gasteiger partial charge on any atom is -0.462 e. The second-order valence-electron chi connectivity index (χ2n) is 8.12. The lowest BCUT2D eigenvalue weighted by Crippen LogP contribution is -2.38. The first-order valence-electron chi connectivity index (χ1n) is 9.40. The number of halogens is 1. The Morgan fingerprint density at radius 1 is 1.33 bits per heavy atom. The Bertz CT molecular complexity index is 851. The van der Waals surface area contributed by atoms with Gasteiger partial charge in [-0.3, -0.25) is 4.79 Å². The standard InChI is InChI=1S/C22H26BrNO3/c1-5-9-27-21(26)18-13(2)24-16-11-22(3,4)12-17(25)20(16)19(18)14-7-6-8-15(23)10-14/h6-8,10,19,24H,5,9,11-12H2,1-4H3. The van der Waals surface area contributed by atoms with Gasteiger partial charge in [-0.2, -0.15) is 0 Å². The van der Waals surface area contributed by atoms with E-state index in [1.807, 2.05) is 38.1 Å². The quantitative estimate of drug-likeness (QED) is 0.680. The Morgan fingerprint density at radius 3 is 2.74 bits per heavy atom. The van der Waals surface area contributed by atoms with Crippen LogP contribution >= 0.6 is 15.9 Å². The molecule has 1 aliphatic carbocycles. The Morgan fingerprint density at radius 2 is 2.07 bits per heavy atom. The Hall–Kier alpha value is -1.88. The summed E-state index contributed by atoms with van der Waals surface area (Å²) in [5, 5.41) is 3.35. The van der Waals surface area contributed by atoms with Gasteiger partial charge in [0, 0.05) is 33.8 Å². The Labute approximate surface area is 169 Å². The average Bonchev–Trinajstić information content (AvgIpc) is 2.57. The van der Waals surface area contributed by atoms with Gasteiger partial charge < -0.3 is 10.1 Å². The van der Waals surface area contributed by atoms with Crippen molar-refractivity contribution in [1.82, 2.24) is 5.32 Å². The molecule has 1 N–H and O–H groups in total. The molecule has 0 bridgehead atoms. The number of benzene rings is 1. The van der Waals surface area contributed by atoms with E-state index in [1.54, 1.807) is 0 Å². The number of allylic oxidation sites excluding steroid dienone is 3. The van der Waals surface area contributed by atoms with Crippen LogP contribution in [-0.2, 0) is 14.3 Å². The summed E-state index contributed by atoms with van der Waals surface area (Å²) in [7, 11) is 0. The van der Waals surface area contributed by atoms with Gasteiger partial charge in [0.2, 0.25) is 0 Å². The third kappa shape index (κ3) is 4.03. The van der Waals surface area contributed by atoms with E-state index in [-0.39, 0.29) is 17.2 Å². The van der Waals surface area contributed by atoms with Gasteiger partial charge in [-0.25, -0.2) is 4.79 Å². The highest BCUT2D eigenvalue weighted by Gasteiger charge is 2.43. The highest BCUT2D eigenvalue weighted by atomic mass is 79.9. The normalized spacial score (nSPS) is 21.7. The molecule has 0 radical (unpaired) electrons. The molecule has 1 heterocycles. The van der Waals surface area contributed by atoms with E-state index in [0.717, 1.165) is 34.3 Å². The summed E-state index contributed by atoms with van der Waals surface area (Å²) in [5.74, 6) is -0.644. The van der Waals surface area contributed by atoms with Crippen LogP contribution in [0.15, 0.2) is 51.3 Å². The smallest absolute Gasteiger partial charge is 0.336 e. The van der Waals surface area contributed by atoms with Crippen LogP contribution in [0, 0.1) is 5.41 Å². The second-order valence-corrected chi connectivity index (χ2v) is 9.04. The number of hydrogen-bond acceptors (Lipinski definition) is 4. The van der Waals surface area contributed by atoms with Crippen molar-refractivity contribution >= 4 is 27.7 Å². The number of dihydropyridines is 1. The zero-order valence-electron chi connectivity index (χ0n) is 16.3. The van der Waals surface area contributed by atoms with Gasteiger partial charge in [-0.05, 0) is 42.9 Å². The number of ketones is 1. The fourth-order valence-electron chi connectivity index (χ4n) is 4.00. The molecule has 0 fully saturated rings. The van der Waals surface area contributed by atoms with Gasteiger partial charge in [-0.1, -0.05) is 48.8 Å². The molecule has 1 aromatic rings. The highest BCUT2D eigenvalue weighted by Crippen LogP contribution is 2.47. The van der Waals surface area contributed by atoms with Crippen LogP contribution in [-0.4, -0.2) is 18.4 Å². The molecule has 1 unspecified atom stereocenters. The van der Waals surface area contributed by atoms with Crippen molar-refractivity contribution in [3.63, 3.8) is 0 Å². The van der Waals surface area contributed by atoms with E-state index >= 15 is 0 Å². The summed E-state index contributed by atoms with van der Waals surface area (Å²) >= 11 is 3.52. The maximum absolute atomic E-state index is 13.1. The number of rotatable bonds is 4. The lowest BCUT2D eigenvalue weighted by Gasteiger charge is -2.39. The van der Waals surface area contributed by atoms with Crippen LogP contribution in [0.3, 0.4) is 0 Å². The minimum atomic E-state index is -0.397. The molecule has 0 aromatic heterocycles. The van der Waals surface area contributed by atoms with Crippen LogP contribution in [0.1, 0.15) is 58.4 Å². The third-order valence-corrected chi connectivity index (χ3v) is 5.57. The van der Waals surface area contributed by atoms with E-state index in [4.69, 9.17) is 4.74 Å². The van der Waals surface area contributed by atoms with Crippen molar-refractivity contribution in [2.24, 2.45) is 5.41 Å². The maximum atomic E-state index is 13.1. The number of Topliss-reactive ketones (excluding diaryl/α,β-unsaturated/α-hetero) is 1. The van der Waals surface area contributed by atoms with Crippen molar-refractivity contribution < 1.29 is 14.3 Å². The molecule has 1 aliphatic heterocycles. The van der Waals surface area contributed by atoms with Crippen LogP contribution in [0.5, 0.6) is 0 Å². The predicted octanol–water partition coefficient (Wildman–Crippen LogP) is 5.01. The third-order valence-electron chi connectivity index (χ3n) is 5.08. The zero-order chi connectivity index (χ0) is 19.8. The molecule has 2 aliphatic rings. The molecule has 1 atom stereocenters. The molecule has 0 saturated carbocycles. The summed E-state index contributed by atoms with van der Waals surface area (Å²) < 4.78 is 6.38. The fourth-order valence-corrected chi connectivity index (χ4v) is 4.42. The van der Waals surface area contributed by atoms with Crippen molar-refractivity contribution in [1.29, 1.82) is 0 Å². The number of carbonyl (C=O) groups is 2. The molecule has 3 rings (SSSR count). The molecule has 27 heavy (non-hydrogen) atoms. The highest BCUT2D eigenvalue weighted by molar-refractivity contribution is 9.10. The van der Waals surface area contributed by atoms with Gasteiger partial charge in [0.25, 0.3) is 0 Å². The van der Waals surface area contributed by atoms with Crippen molar-refractivity contribution in [2.45, 2.75) is 52.9 Å². The largest absolute Gasteiger partial charge is 0.462 e. The van der Waals surface area contributed by atoms with Crippen molar-refractivity contribution in [3.8, 4) is 0 Å². The molecule has 0 amide bonds. The SMILES string of the molecule is CCCOC(=O)C1=C(C)NC2=C(C(=O)CC(C)(C)C2)C1c1cccc(Br)c1. The van der Waals surface area contributed by atoms with Gasteiger partial charge in [0.1, 0.15) is 0 Å². The molecule has 5 heteroatoms. The first-order valence-corrected chi connectivity index (χ1v) is 10.2. The Balaban J connectivity index is 2.14. The molecule has 0 spiro atoms. The predicted molar refractivity (Wildman–Crippen MR) is 109 cm³/mol. The second kappa shape index (κ2) is 7.63. The van der Waals surface area contributed by atoms with Gasteiger partial charge in [0.15, 0.2) is 5.78 Å². The zero-order valence-corrected chi connectivity index (χ0v) is 17.9. The van der Waals surface area contributed by atoms with Crippen LogP contribution in [0.25, 0.3) is 0 Å². The minimum absolute atomic E-state index is 0.0920. The number of esters is 1. The van der Waals surface area contributed by atoms with E-state index in [0.29, 0.717) is 24.2 Å². The van der Waals surface area contributed by atoms with Crippen LogP contribution in [0.2, 0.25) is 0 Å². The van der Waals surface area contributed by atoms with Crippen molar-refractivity contribution in [2.75, 3.05) is 6.61 Å². The summed E-state index contributed by atoms with van der Waals surface area (Å²) in [6.07, 6.45) is 2.02. The molecular weight excluding hydrogens is 406 g/mol. The lowest BCUT2D eigenvalue weighted by molar-refractivity contribution is -0.139. The molecule has 144 valence electrons.